The van der Waals surface area contributed by atoms with Gasteiger partial charge in [-0.15, -0.1) is 0 Å². The van der Waals surface area contributed by atoms with E-state index in [1.165, 1.54) is 21.8 Å². The summed E-state index contributed by atoms with van der Waals surface area (Å²) < 4.78 is 1.45. The normalized spacial score (nSPS) is 18.2. The number of nitrogens with two attached hydrogens (primary N) is 1. The zero-order chi connectivity index (χ0) is 20.9. The van der Waals surface area contributed by atoms with Crippen LogP contribution < -0.4 is 11.1 Å². The molecule has 1 atom stereocenters. The Kier molecular flexibility index (Phi) is 4.88. The third-order valence-corrected chi connectivity index (χ3v) is 6.01. The van der Waals surface area contributed by atoms with E-state index in [-0.39, 0.29) is 22.4 Å². The summed E-state index contributed by atoms with van der Waals surface area (Å²) in [6, 6.07) is 6.68. The van der Waals surface area contributed by atoms with Gasteiger partial charge < -0.3 is 20.7 Å². The van der Waals surface area contributed by atoms with E-state index in [2.05, 4.69) is 45.1 Å². The van der Waals surface area contributed by atoms with Crippen LogP contribution >= 0.6 is 0 Å². The highest BCUT2D eigenvalue weighted by Gasteiger charge is 2.37. The lowest BCUT2D eigenvalue weighted by molar-refractivity contribution is -0.117. The van der Waals surface area contributed by atoms with Crippen molar-refractivity contribution in [3.05, 3.63) is 52.8 Å². The van der Waals surface area contributed by atoms with E-state index in [4.69, 9.17) is 10.8 Å². The molecule has 150 valence electrons. The lowest BCUT2D eigenvalue weighted by atomic mass is 9.63. The Hall–Kier alpha value is -2.60. The van der Waals surface area contributed by atoms with Crippen LogP contribution in [0.3, 0.4) is 0 Å². The number of nitrogens with zero attached hydrogens (tertiary/aromatic N) is 1. The first-order valence-electron chi connectivity index (χ1n) is 9.53. The lowest BCUT2D eigenvalue weighted by Crippen LogP contribution is -2.35. The second-order valence-electron chi connectivity index (χ2n) is 9.07. The Morgan fingerprint density at radius 3 is 2.29 bits per heavy atom. The smallest absolute Gasteiger partial charge is 0.352 e. The van der Waals surface area contributed by atoms with Gasteiger partial charge in [0.25, 0.3) is 0 Å². The van der Waals surface area contributed by atoms with Crippen molar-refractivity contribution in [2.45, 2.75) is 57.4 Å². The summed E-state index contributed by atoms with van der Waals surface area (Å²) >= 11 is 0. The first-order chi connectivity index (χ1) is 12.9. The van der Waals surface area contributed by atoms with Crippen LogP contribution in [0.5, 0.6) is 0 Å². The van der Waals surface area contributed by atoms with Crippen molar-refractivity contribution in [1.29, 1.82) is 0 Å². The lowest BCUT2D eigenvalue weighted by Gasteiger charge is -2.42. The monoisotopic (exact) mass is 383 g/mol. The van der Waals surface area contributed by atoms with E-state index in [1.54, 1.807) is 13.2 Å². The summed E-state index contributed by atoms with van der Waals surface area (Å²) in [5, 5.41) is 11.9. The molecule has 1 heterocycles. The van der Waals surface area contributed by atoms with E-state index >= 15 is 0 Å². The van der Waals surface area contributed by atoms with Crippen molar-refractivity contribution in [3.8, 4) is 0 Å². The van der Waals surface area contributed by atoms with Crippen molar-refractivity contribution < 1.29 is 14.7 Å². The molecule has 0 radical (unpaired) electrons. The van der Waals surface area contributed by atoms with E-state index in [9.17, 15) is 9.59 Å². The number of benzene rings is 1. The third-order valence-electron chi connectivity index (χ3n) is 6.01. The second-order valence-corrected chi connectivity index (χ2v) is 9.07. The third kappa shape index (κ3) is 3.56. The Morgan fingerprint density at radius 2 is 1.71 bits per heavy atom. The molecule has 0 saturated heterocycles. The topological polar surface area (TPSA) is 97.4 Å². The van der Waals surface area contributed by atoms with Crippen molar-refractivity contribution in [2.75, 3.05) is 5.32 Å². The van der Waals surface area contributed by atoms with E-state index in [0.717, 1.165) is 18.4 Å². The molecule has 3 rings (SSSR count). The molecule has 1 aromatic heterocycles. The largest absolute Gasteiger partial charge is 0.477 e. The maximum absolute atomic E-state index is 12.7. The fraction of sp³-hybridized carbons (Fsp3) is 0.455. The van der Waals surface area contributed by atoms with Gasteiger partial charge in [0.15, 0.2) is 0 Å². The minimum Gasteiger partial charge on any atom is -0.477 e. The van der Waals surface area contributed by atoms with Crippen molar-refractivity contribution in [3.63, 3.8) is 0 Å². The van der Waals surface area contributed by atoms with Gasteiger partial charge in [-0.3, -0.25) is 4.79 Å². The highest BCUT2D eigenvalue weighted by molar-refractivity contribution is 5.97. The molecule has 28 heavy (non-hydrogen) atoms. The number of carbonyl (C=O) groups excluding carboxylic acids is 1. The number of carbonyl (C=O) groups is 2. The van der Waals surface area contributed by atoms with E-state index in [0.29, 0.717) is 5.69 Å². The molecular formula is C22H29N3O3. The van der Waals surface area contributed by atoms with Gasteiger partial charge in [0, 0.05) is 13.2 Å². The first kappa shape index (κ1) is 20.1. The number of hydrogen-bond donors (Lipinski definition) is 3. The molecule has 1 aliphatic carbocycles. The molecule has 2 aromatic rings. The summed E-state index contributed by atoms with van der Waals surface area (Å²) in [6.07, 6.45) is 3.77. The summed E-state index contributed by atoms with van der Waals surface area (Å²) in [4.78, 5) is 23.8. The highest BCUT2D eigenvalue weighted by atomic mass is 16.4. The van der Waals surface area contributed by atoms with Crippen molar-refractivity contribution in [2.24, 2.45) is 12.8 Å². The zero-order valence-electron chi connectivity index (χ0n) is 17.2. The fourth-order valence-electron chi connectivity index (χ4n) is 4.02. The van der Waals surface area contributed by atoms with Gasteiger partial charge >= 0.3 is 5.97 Å². The minimum atomic E-state index is -1.05. The molecule has 0 spiro atoms. The predicted molar refractivity (Wildman–Crippen MR) is 110 cm³/mol. The number of hydrogen-bond acceptors (Lipinski definition) is 3. The number of carboxylic acids is 1. The molecular weight excluding hydrogens is 354 g/mol. The number of fused-ring (bicyclic) bond motifs is 1. The highest BCUT2D eigenvalue weighted by Crippen LogP contribution is 2.46. The van der Waals surface area contributed by atoms with Gasteiger partial charge in [-0.25, -0.2) is 4.79 Å². The Morgan fingerprint density at radius 1 is 1.11 bits per heavy atom. The van der Waals surface area contributed by atoms with Gasteiger partial charge in [0.05, 0.1) is 5.69 Å². The van der Waals surface area contributed by atoms with Crippen LogP contribution in [-0.4, -0.2) is 21.6 Å². The Bertz CT molecular complexity index is 940. The summed E-state index contributed by atoms with van der Waals surface area (Å²) in [6.45, 7) is 8.97. The Balaban J connectivity index is 1.86. The molecule has 0 saturated carbocycles. The van der Waals surface area contributed by atoms with Crippen LogP contribution in [0.15, 0.2) is 30.5 Å². The van der Waals surface area contributed by atoms with Crippen LogP contribution in [0.1, 0.15) is 73.8 Å². The predicted octanol–water partition coefficient (Wildman–Crippen LogP) is 3.71. The number of aryl methyl sites for hydroxylation is 1. The van der Waals surface area contributed by atoms with Crippen LogP contribution in [0.25, 0.3) is 0 Å². The van der Waals surface area contributed by atoms with E-state index in [1.807, 2.05) is 6.07 Å². The molecule has 1 amide bonds. The fourth-order valence-corrected chi connectivity index (χ4v) is 4.02. The van der Waals surface area contributed by atoms with Gasteiger partial charge in [-0.05, 0) is 46.4 Å². The molecule has 4 N–H and O–H groups in total. The number of anilines is 1. The number of nitrogens with one attached hydrogen (secondary N) is 1. The number of aromatic nitrogens is 1. The van der Waals surface area contributed by atoms with Crippen LogP contribution in [0, 0.1) is 0 Å². The Labute approximate surface area is 165 Å². The van der Waals surface area contributed by atoms with E-state index < -0.39 is 12.0 Å². The molecule has 0 aliphatic heterocycles. The van der Waals surface area contributed by atoms with Crippen LogP contribution in [0.2, 0.25) is 0 Å². The maximum atomic E-state index is 12.7. The number of amides is 1. The van der Waals surface area contributed by atoms with Crippen molar-refractivity contribution >= 4 is 17.6 Å². The maximum Gasteiger partial charge on any atom is 0.352 e. The summed E-state index contributed by atoms with van der Waals surface area (Å²) in [5.74, 6) is -1.41. The molecule has 1 unspecified atom stereocenters. The molecule has 6 heteroatoms. The number of carboxylic acid groups (broad SMARTS) is 1. The first-order valence-corrected chi connectivity index (χ1v) is 9.53. The average molecular weight is 383 g/mol. The average Bonchev–Trinajstić information content (AvgIpc) is 2.98. The van der Waals surface area contributed by atoms with Crippen molar-refractivity contribution in [1.82, 2.24) is 4.57 Å². The second kappa shape index (κ2) is 6.78. The van der Waals surface area contributed by atoms with Crippen LogP contribution in [-0.2, 0) is 22.7 Å². The van der Waals surface area contributed by atoms with Crippen LogP contribution in [0.4, 0.5) is 5.69 Å². The molecule has 0 bridgehead atoms. The summed E-state index contributed by atoms with van der Waals surface area (Å²) in [5.41, 5.74) is 10.2. The number of aromatic carboxylic acids is 1. The molecule has 1 aliphatic rings. The quantitative estimate of drug-likeness (QED) is 0.750. The molecule has 1 aromatic carbocycles. The molecule has 6 nitrogen and oxygen atoms in total. The van der Waals surface area contributed by atoms with Gasteiger partial charge in [0.1, 0.15) is 11.7 Å². The van der Waals surface area contributed by atoms with Gasteiger partial charge in [-0.2, -0.15) is 0 Å². The standard InChI is InChI=1S/C22H29N3O3/c1-21(2)8-9-22(3,4)16-10-13(6-7-15(16)21)18(23)19(26)24-14-11-17(20(27)28)25(5)12-14/h6-7,10-12,18H,8-9,23H2,1-5H3,(H,24,26)(H,27,28). The molecule has 0 fully saturated rings. The van der Waals surface area contributed by atoms with Gasteiger partial charge in [0.2, 0.25) is 5.91 Å². The summed E-state index contributed by atoms with van der Waals surface area (Å²) in [7, 11) is 1.62. The zero-order valence-corrected chi connectivity index (χ0v) is 17.2. The SMILES string of the molecule is Cn1cc(NC(=O)C(N)c2ccc3c(c2)C(C)(C)CCC3(C)C)cc1C(=O)O. The minimum absolute atomic E-state index is 0.0346. The number of rotatable bonds is 4. The van der Waals surface area contributed by atoms with Gasteiger partial charge in [-0.1, -0.05) is 45.9 Å².